The van der Waals surface area contributed by atoms with Gasteiger partial charge in [-0.2, -0.15) is 4.67 Å². The van der Waals surface area contributed by atoms with Crippen LogP contribution < -0.4 is 15.9 Å². The molecule has 1 aliphatic heterocycles. The molecular weight excluding hydrogens is 325 g/mol. The average molecular weight is 348 g/mol. The van der Waals surface area contributed by atoms with Crippen LogP contribution in [0.3, 0.4) is 0 Å². The lowest BCUT2D eigenvalue weighted by Gasteiger charge is -2.38. The highest BCUT2D eigenvalue weighted by Crippen LogP contribution is 2.58. The van der Waals surface area contributed by atoms with E-state index >= 15 is 0 Å². The summed E-state index contributed by atoms with van der Waals surface area (Å²) in [6, 6.07) is 33.1. The Hall–Kier alpha value is -1.99. The van der Waals surface area contributed by atoms with Crippen LogP contribution >= 0.6 is 7.41 Å². The van der Waals surface area contributed by atoms with Crippen LogP contribution in [-0.4, -0.2) is 31.0 Å². The molecule has 0 N–H and O–H groups in total. The van der Waals surface area contributed by atoms with Gasteiger partial charge in [-0.25, -0.2) is 0 Å². The molecule has 1 heterocycles. The summed E-state index contributed by atoms with van der Waals surface area (Å²) >= 11 is 0. The van der Waals surface area contributed by atoms with Gasteiger partial charge in [0.25, 0.3) is 0 Å². The number of ether oxygens (including phenoxy) is 1. The summed E-state index contributed by atoms with van der Waals surface area (Å²) in [5.41, 5.74) is 0. The van der Waals surface area contributed by atoms with Gasteiger partial charge in [-0.1, -0.05) is 54.6 Å². The predicted molar refractivity (Wildman–Crippen MR) is 108 cm³/mol. The Labute approximate surface area is 150 Å². The van der Waals surface area contributed by atoms with E-state index in [4.69, 9.17) is 4.74 Å². The molecule has 4 rings (SSSR count). The van der Waals surface area contributed by atoms with E-state index in [0.29, 0.717) is 0 Å². The van der Waals surface area contributed by atoms with Gasteiger partial charge in [0.15, 0.2) is 7.41 Å². The maximum Gasteiger partial charge on any atom is 0.181 e. The summed E-state index contributed by atoms with van der Waals surface area (Å²) in [5.74, 6) is 0. The van der Waals surface area contributed by atoms with Gasteiger partial charge in [-0.3, -0.25) is 0 Å². The van der Waals surface area contributed by atoms with Crippen molar-refractivity contribution in [2.45, 2.75) is 0 Å². The zero-order valence-electron chi connectivity index (χ0n) is 14.3. The molecule has 0 atom stereocenters. The lowest BCUT2D eigenvalue weighted by Crippen LogP contribution is -2.47. The fraction of sp³-hybridized carbons (Fsp3) is 0.182. The highest BCUT2D eigenvalue weighted by atomic mass is 31.2. The third kappa shape index (κ3) is 3.02. The molecule has 0 aliphatic carbocycles. The standard InChI is InChI=1S/C22H23NOP/c1-4-10-20(11-5-1)25(21-12-6-2-7-13-21,22-14-8-3-9-15-22)23-16-18-24-19-17-23/h1-15H,16-19H2/q+1. The van der Waals surface area contributed by atoms with Gasteiger partial charge in [0.05, 0.1) is 26.3 Å². The largest absolute Gasteiger partial charge is 0.379 e. The second kappa shape index (κ2) is 7.49. The number of hydrogen-bond acceptors (Lipinski definition) is 2. The van der Waals surface area contributed by atoms with E-state index in [1.165, 1.54) is 15.9 Å². The molecule has 1 aliphatic rings. The van der Waals surface area contributed by atoms with Crippen molar-refractivity contribution in [3.63, 3.8) is 0 Å². The van der Waals surface area contributed by atoms with Crippen LogP contribution in [0.1, 0.15) is 0 Å². The summed E-state index contributed by atoms with van der Waals surface area (Å²) in [4.78, 5) is 0. The summed E-state index contributed by atoms with van der Waals surface area (Å²) < 4.78 is 8.36. The molecular formula is C22H23NOP+. The SMILES string of the molecule is c1ccc([P+](c2ccccc2)(c2ccccc2)N2CCOCC2)cc1. The smallest absolute Gasteiger partial charge is 0.181 e. The molecule has 3 heteroatoms. The number of rotatable bonds is 4. The molecule has 2 nitrogen and oxygen atoms in total. The van der Waals surface area contributed by atoms with Crippen molar-refractivity contribution in [2.75, 3.05) is 26.3 Å². The van der Waals surface area contributed by atoms with Crippen LogP contribution in [0.5, 0.6) is 0 Å². The maximum atomic E-state index is 5.68. The second-order valence-electron chi connectivity index (χ2n) is 6.21. The molecule has 1 fully saturated rings. The first-order valence-corrected chi connectivity index (χ1v) is 10.6. The fourth-order valence-electron chi connectivity index (χ4n) is 3.72. The Balaban J connectivity index is 2.01. The van der Waals surface area contributed by atoms with E-state index in [1.807, 2.05) is 0 Å². The summed E-state index contributed by atoms with van der Waals surface area (Å²) in [5, 5.41) is 4.23. The third-order valence-corrected chi connectivity index (χ3v) is 9.19. The minimum Gasteiger partial charge on any atom is -0.379 e. The molecule has 3 aromatic carbocycles. The average Bonchev–Trinajstić information content (AvgIpc) is 2.72. The highest BCUT2D eigenvalue weighted by Gasteiger charge is 2.51. The van der Waals surface area contributed by atoms with E-state index in [2.05, 4.69) is 95.7 Å². The number of benzene rings is 3. The van der Waals surface area contributed by atoms with E-state index in [0.717, 1.165) is 26.3 Å². The first-order chi connectivity index (χ1) is 12.4. The van der Waals surface area contributed by atoms with Crippen LogP contribution in [0.25, 0.3) is 0 Å². The molecule has 0 radical (unpaired) electrons. The topological polar surface area (TPSA) is 12.5 Å². The summed E-state index contributed by atoms with van der Waals surface area (Å²) in [6.07, 6.45) is 0. The van der Waals surface area contributed by atoms with Gasteiger partial charge >= 0.3 is 0 Å². The van der Waals surface area contributed by atoms with Crippen LogP contribution in [0.4, 0.5) is 0 Å². The third-order valence-electron chi connectivity index (χ3n) is 4.80. The summed E-state index contributed by atoms with van der Waals surface area (Å²) in [6.45, 7) is 3.53. The van der Waals surface area contributed by atoms with Gasteiger partial charge in [0, 0.05) is 0 Å². The number of morpholine rings is 1. The lowest BCUT2D eigenvalue weighted by molar-refractivity contribution is 0.0749. The Morgan fingerprint density at radius 2 is 0.920 bits per heavy atom. The van der Waals surface area contributed by atoms with Crippen molar-refractivity contribution in [2.24, 2.45) is 0 Å². The maximum absolute atomic E-state index is 5.68. The van der Waals surface area contributed by atoms with Crippen LogP contribution in [0.2, 0.25) is 0 Å². The van der Waals surface area contributed by atoms with E-state index in [1.54, 1.807) is 0 Å². The number of hydrogen-bond donors (Lipinski definition) is 0. The van der Waals surface area contributed by atoms with Gasteiger partial charge in [-0.15, -0.1) is 0 Å². The van der Waals surface area contributed by atoms with Crippen molar-refractivity contribution in [3.8, 4) is 0 Å². The zero-order valence-corrected chi connectivity index (χ0v) is 15.2. The molecule has 0 aromatic heterocycles. The molecule has 0 saturated carbocycles. The normalized spacial score (nSPS) is 15.8. The van der Waals surface area contributed by atoms with Crippen molar-refractivity contribution >= 4 is 23.3 Å². The van der Waals surface area contributed by atoms with Crippen molar-refractivity contribution in [1.29, 1.82) is 0 Å². The minimum atomic E-state index is -1.88. The van der Waals surface area contributed by atoms with Gasteiger partial charge in [0.2, 0.25) is 0 Å². The Morgan fingerprint density at radius 3 is 1.28 bits per heavy atom. The molecule has 0 bridgehead atoms. The monoisotopic (exact) mass is 348 g/mol. The predicted octanol–water partition coefficient (Wildman–Crippen LogP) is 3.23. The van der Waals surface area contributed by atoms with Crippen molar-refractivity contribution in [3.05, 3.63) is 91.0 Å². The molecule has 126 valence electrons. The van der Waals surface area contributed by atoms with Crippen molar-refractivity contribution in [1.82, 2.24) is 4.67 Å². The van der Waals surface area contributed by atoms with Gasteiger partial charge < -0.3 is 4.74 Å². The minimum absolute atomic E-state index is 0.800. The van der Waals surface area contributed by atoms with Gasteiger partial charge in [-0.05, 0) is 36.4 Å². The van der Waals surface area contributed by atoms with E-state index in [9.17, 15) is 0 Å². The first-order valence-electron chi connectivity index (χ1n) is 8.81. The second-order valence-corrected chi connectivity index (χ2v) is 9.59. The molecule has 0 unspecified atom stereocenters. The zero-order chi connectivity index (χ0) is 17.0. The molecule has 3 aromatic rings. The van der Waals surface area contributed by atoms with E-state index < -0.39 is 7.41 Å². The summed E-state index contributed by atoms with van der Waals surface area (Å²) in [7, 11) is -1.88. The van der Waals surface area contributed by atoms with Crippen molar-refractivity contribution < 1.29 is 4.74 Å². The van der Waals surface area contributed by atoms with E-state index in [-0.39, 0.29) is 0 Å². The number of nitrogens with zero attached hydrogens (tertiary/aromatic N) is 1. The quantitative estimate of drug-likeness (QED) is 0.671. The molecule has 1 saturated heterocycles. The molecule has 25 heavy (non-hydrogen) atoms. The molecule has 0 spiro atoms. The van der Waals surface area contributed by atoms with Gasteiger partial charge in [0.1, 0.15) is 15.9 Å². The Morgan fingerprint density at radius 1 is 0.560 bits per heavy atom. The van der Waals surface area contributed by atoms with Crippen LogP contribution in [0.15, 0.2) is 91.0 Å². The van der Waals surface area contributed by atoms with Crippen LogP contribution in [0, 0.1) is 0 Å². The highest BCUT2D eigenvalue weighted by molar-refractivity contribution is 7.93. The Kier molecular flexibility index (Phi) is 4.94. The Bertz CT molecular complexity index is 689. The fourth-order valence-corrected chi connectivity index (χ4v) is 8.17. The first kappa shape index (κ1) is 16.5. The molecule has 0 amide bonds. The lowest BCUT2D eigenvalue weighted by atomic mass is 10.4. The van der Waals surface area contributed by atoms with Crippen LogP contribution in [-0.2, 0) is 4.74 Å².